The molecule has 5 nitrogen and oxygen atoms in total. The van der Waals surface area contributed by atoms with E-state index in [2.05, 4.69) is 10.4 Å². The lowest BCUT2D eigenvalue weighted by atomic mass is 10.2. The Morgan fingerprint density at radius 1 is 1.59 bits per heavy atom. The molecule has 0 bridgehead atoms. The van der Waals surface area contributed by atoms with Crippen LogP contribution in [0.5, 0.6) is 0 Å². The zero-order chi connectivity index (χ0) is 12.8. The minimum absolute atomic E-state index is 0.214. The summed E-state index contributed by atoms with van der Waals surface area (Å²) < 4.78 is 6.68. The number of esters is 1. The largest absolute Gasteiger partial charge is 0.468 e. The lowest BCUT2D eigenvalue weighted by molar-refractivity contribution is -0.143. The van der Waals surface area contributed by atoms with Crippen LogP contribution < -0.4 is 5.32 Å². The molecule has 0 radical (unpaired) electrons. The third-order valence-corrected chi connectivity index (χ3v) is 2.67. The zero-order valence-corrected chi connectivity index (χ0v) is 11.0. The van der Waals surface area contributed by atoms with Crippen LogP contribution in [0.1, 0.15) is 24.7 Å². The third kappa shape index (κ3) is 3.85. The molecule has 96 valence electrons. The van der Waals surface area contributed by atoms with Crippen molar-refractivity contribution in [2.24, 2.45) is 0 Å². The second-order valence-electron chi connectivity index (χ2n) is 4.07. The number of aryl methyl sites for hydroxylation is 3. The van der Waals surface area contributed by atoms with Crippen LogP contribution in [0.2, 0.25) is 0 Å². The molecule has 0 saturated carbocycles. The van der Waals surface area contributed by atoms with Gasteiger partial charge in [0.2, 0.25) is 0 Å². The van der Waals surface area contributed by atoms with E-state index in [1.807, 2.05) is 31.5 Å². The van der Waals surface area contributed by atoms with Gasteiger partial charge in [0.15, 0.2) is 0 Å². The minimum atomic E-state index is -0.256. The number of likely N-dealkylation sites (N-methyl/N-ethyl adjacent to an activating group) is 1. The molecule has 1 aromatic heterocycles. The standard InChI is InChI=1S/C12H21N3O2/c1-5-13-11(12(16)17-4)6-7-15-10(3)8-9(2)14-15/h8,11,13H,5-7H2,1-4H3. The van der Waals surface area contributed by atoms with Gasteiger partial charge >= 0.3 is 5.97 Å². The fraction of sp³-hybridized carbons (Fsp3) is 0.667. The number of carbonyl (C=O) groups is 1. The van der Waals surface area contributed by atoms with E-state index in [1.54, 1.807) is 0 Å². The van der Waals surface area contributed by atoms with Gasteiger partial charge in [-0.1, -0.05) is 6.92 Å². The number of nitrogens with one attached hydrogen (secondary N) is 1. The number of hydrogen-bond acceptors (Lipinski definition) is 4. The fourth-order valence-corrected chi connectivity index (χ4v) is 1.84. The molecular formula is C12H21N3O2. The van der Waals surface area contributed by atoms with E-state index in [-0.39, 0.29) is 12.0 Å². The summed E-state index contributed by atoms with van der Waals surface area (Å²) in [4.78, 5) is 11.5. The molecule has 1 heterocycles. The molecular weight excluding hydrogens is 218 g/mol. The van der Waals surface area contributed by atoms with Crippen molar-refractivity contribution in [2.75, 3.05) is 13.7 Å². The summed E-state index contributed by atoms with van der Waals surface area (Å²) >= 11 is 0. The average Bonchev–Trinajstić information content (AvgIpc) is 2.62. The number of carbonyl (C=O) groups excluding carboxylic acids is 1. The van der Waals surface area contributed by atoms with Gasteiger partial charge in [-0.3, -0.25) is 9.48 Å². The molecule has 1 unspecified atom stereocenters. The Labute approximate surface area is 102 Å². The predicted octanol–water partition coefficient (Wildman–Crippen LogP) is 1.04. The summed E-state index contributed by atoms with van der Waals surface area (Å²) in [5.41, 5.74) is 2.11. The van der Waals surface area contributed by atoms with Gasteiger partial charge in [-0.2, -0.15) is 5.10 Å². The summed E-state index contributed by atoms with van der Waals surface area (Å²) in [6.45, 7) is 7.41. The molecule has 0 spiro atoms. The molecule has 0 amide bonds. The lowest BCUT2D eigenvalue weighted by Gasteiger charge is -2.15. The van der Waals surface area contributed by atoms with Crippen LogP contribution in [0.25, 0.3) is 0 Å². The van der Waals surface area contributed by atoms with Crippen molar-refractivity contribution in [3.63, 3.8) is 0 Å². The molecule has 5 heteroatoms. The molecule has 1 atom stereocenters. The number of rotatable bonds is 6. The highest BCUT2D eigenvalue weighted by atomic mass is 16.5. The Hall–Kier alpha value is -1.36. The van der Waals surface area contributed by atoms with Crippen molar-refractivity contribution in [2.45, 2.75) is 39.8 Å². The number of ether oxygens (including phenoxy) is 1. The Morgan fingerprint density at radius 3 is 2.76 bits per heavy atom. The number of aromatic nitrogens is 2. The van der Waals surface area contributed by atoms with Gasteiger partial charge in [0, 0.05) is 12.2 Å². The van der Waals surface area contributed by atoms with Gasteiger partial charge in [0.25, 0.3) is 0 Å². The number of nitrogens with zero attached hydrogens (tertiary/aromatic N) is 2. The summed E-state index contributed by atoms with van der Waals surface area (Å²) in [7, 11) is 1.41. The minimum Gasteiger partial charge on any atom is -0.468 e. The predicted molar refractivity (Wildman–Crippen MR) is 65.8 cm³/mol. The first-order chi connectivity index (χ1) is 8.08. The molecule has 0 aliphatic carbocycles. The Morgan fingerprint density at radius 2 is 2.29 bits per heavy atom. The second-order valence-corrected chi connectivity index (χ2v) is 4.07. The van der Waals surface area contributed by atoms with E-state index in [9.17, 15) is 4.79 Å². The highest BCUT2D eigenvalue weighted by Crippen LogP contribution is 2.05. The van der Waals surface area contributed by atoms with Crippen molar-refractivity contribution in [1.82, 2.24) is 15.1 Å². The SMILES string of the molecule is CCNC(CCn1nc(C)cc1C)C(=O)OC. The monoisotopic (exact) mass is 239 g/mol. The van der Waals surface area contributed by atoms with Gasteiger partial charge < -0.3 is 10.1 Å². The molecule has 1 aromatic rings. The van der Waals surface area contributed by atoms with Gasteiger partial charge in [0.1, 0.15) is 6.04 Å². The van der Waals surface area contributed by atoms with Crippen LogP contribution in [-0.4, -0.2) is 35.4 Å². The Bertz CT molecular complexity index is 374. The normalized spacial score (nSPS) is 12.5. The Balaban J connectivity index is 2.57. The van der Waals surface area contributed by atoms with Crippen molar-refractivity contribution in [3.8, 4) is 0 Å². The van der Waals surface area contributed by atoms with Crippen molar-refractivity contribution in [3.05, 3.63) is 17.5 Å². The van der Waals surface area contributed by atoms with E-state index >= 15 is 0 Å². The van der Waals surface area contributed by atoms with Crippen LogP contribution in [-0.2, 0) is 16.1 Å². The van der Waals surface area contributed by atoms with Gasteiger partial charge in [0.05, 0.1) is 12.8 Å². The molecule has 0 fully saturated rings. The molecule has 17 heavy (non-hydrogen) atoms. The van der Waals surface area contributed by atoms with Gasteiger partial charge in [-0.05, 0) is 32.9 Å². The van der Waals surface area contributed by atoms with Crippen molar-refractivity contribution in [1.29, 1.82) is 0 Å². The number of hydrogen-bond donors (Lipinski definition) is 1. The van der Waals surface area contributed by atoms with E-state index in [0.717, 1.165) is 17.9 Å². The highest BCUT2D eigenvalue weighted by Gasteiger charge is 2.17. The molecule has 0 saturated heterocycles. The number of methoxy groups -OCH3 is 1. The average molecular weight is 239 g/mol. The van der Waals surface area contributed by atoms with Crippen LogP contribution in [0.4, 0.5) is 0 Å². The summed E-state index contributed by atoms with van der Waals surface area (Å²) in [6.07, 6.45) is 0.683. The maximum absolute atomic E-state index is 11.5. The fourth-order valence-electron chi connectivity index (χ4n) is 1.84. The van der Waals surface area contributed by atoms with E-state index in [1.165, 1.54) is 7.11 Å². The first kappa shape index (κ1) is 13.7. The summed E-state index contributed by atoms with van der Waals surface area (Å²) in [5, 5.41) is 7.48. The molecule has 0 aliphatic heterocycles. The smallest absolute Gasteiger partial charge is 0.322 e. The zero-order valence-electron chi connectivity index (χ0n) is 11.0. The highest BCUT2D eigenvalue weighted by molar-refractivity contribution is 5.75. The molecule has 0 aliphatic rings. The first-order valence-corrected chi connectivity index (χ1v) is 5.90. The van der Waals surface area contributed by atoms with E-state index in [4.69, 9.17) is 4.74 Å². The maximum atomic E-state index is 11.5. The van der Waals surface area contributed by atoms with Gasteiger partial charge in [-0.15, -0.1) is 0 Å². The maximum Gasteiger partial charge on any atom is 0.322 e. The summed E-state index contributed by atoms with van der Waals surface area (Å²) in [6, 6.07) is 1.77. The van der Waals surface area contributed by atoms with Crippen molar-refractivity contribution >= 4 is 5.97 Å². The lowest BCUT2D eigenvalue weighted by Crippen LogP contribution is -2.38. The van der Waals surface area contributed by atoms with Crippen LogP contribution >= 0.6 is 0 Å². The topological polar surface area (TPSA) is 56.2 Å². The van der Waals surface area contributed by atoms with E-state index in [0.29, 0.717) is 13.0 Å². The molecule has 1 N–H and O–H groups in total. The van der Waals surface area contributed by atoms with E-state index < -0.39 is 0 Å². The first-order valence-electron chi connectivity index (χ1n) is 5.90. The molecule has 0 aromatic carbocycles. The Kier molecular flexibility index (Phi) is 5.15. The quantitative estimate of drug-likeness (QED) is 0.754. The second kappa shape index (κ2) is 6.39. The third-order valence-electron chi connectivity index (χ3n) is 2.67. The van der Waals surface area contributed by atoms with Crippen LogP contribution in [0, 0.1) is 13.8 Å². The molecule has 1 rings (SSSR count). The van der Waals surface area contributed by atoms with Gasteiger partial charge in [-0.25, -0.2) is 0 Å². The summed E-state index contributed by atoms with van der Waals surface area (Å²) in [5.74, 6) is -0.214. The van der Waals surface area contributed by atoms with Crippen LogP contribution in [0.15, 0.2) is 6.07 Å². The van der Waals surface area contributed by atoms with Crippen molar-refractivity contribution < 1.29 is 9.53 Å². The van der Waals surface area contributed by atoms with Crippen LogP contribution in [0.3, 0.4) is 0 Å².